The van der Waals surface area contributed by atoms with E-state index in [1.807, 2.05) is 12.1 Å². The van der Waals surface area contributed by atoms with Crippen molar-refractivity contribution in [3.8, 4) is 0 Å². The van der Waals surface area contributed by atoms with Crippen LogP contribution in [0.15, 0.2) is 45.6 Å². The molecular weight excluding hydrogens is 386 g/mol. The third-order valence-corrected chi connectivity index (χ3v) is 5.01. The summed E-state index contributed by atoms with van der Waals surface area (Å²) in [5, 5.41) is 12.0. The molecule has 0 atom stereocenters. The fraction of sp³-hybridized carbons (Fsp3) is 0.200. The second kappa shape index (κ2) is 7.09. The Bertz CT molecular complexity index is 1180. The third kappa shape index (κ3) is 3.36. The lowest BCUT2D eigenvalue weighted by Crippen LogP contribution is -2.10. The van der Waals surface area contributed by atoms with E-state index in [2.05, 4.69) is 0 Å². The van der Waals surface area contributed by atoms with Gasteiger partial charge in [0, 0.05) is 28.1 Å². The molecule has 8 heteroatoms. The first kappa shape index (κ1) is 18.2. The molecule has 0 N–H and O–H groups in total. The Morgan fingerprint density at radius 1 is 1.18 bits per heavy atom. The second-order valence-electron chi connectivity index (χ2n) is 6.56. The molecule has 4 rings (SSSR count). The predicted octanol–water partition coefficient (Wildman–Crippen LogP) is 4.20. The van der Waals surface area contributed by atoms with Gasteiger partial charge in [0.05, 0.1) is 4.92 Å². The van der Waals surface area contributed by atoms with Gasteiger partial charge in [-0.25, -0.2) is 9.59 Å². The number of esters is 1. The molecule has 0 saturated heterocycles. The zero-order valence-corrected chi connectivity index (χ0v) is 15.3. The number of carbonyl (C=O) groups excluding carboxylic acids is 1. The van der Waals surface area contributed by atoms with Crippen LogP contribution in [0.2, 0.25) is 5.02 Å². The third-order valence-electron chi connectivity index (χ3n) is 4.78. The molecule has 1 aliphatic carbocycles. The topological polar surface area (TPSA) is 99.7 Å². The van der Waals surface area contributed by atoms with Gasteiger partial charge in [0.2, 0.25) is 0 Å². The van der Waals surface area contributed by atoms with E-state index in [4.69, 9.17) is 20.8 Å². The van der Waals surface area contributed by atoms with Gasteiger partial charge >= 0.3 is 11.6 Å². The Hall–Kier alpha value is -3.19. The predicted molar refractivity (Wildman–Crippen MR) is 102 cm³/mol. The van der Waals surface area contributed by atoms with E-state index in [9.17, 15) is 19.7 Å². The smallest absolute Gasteiger partial charge is 0.345 e. The molecule has 0 radical (unpaired) electrons. The van der Waals surface area contributed by atoms with Crippen LogP contribution in [0.1, 0.15) is 33.5 Å². The van der Waals surface area contributed by atoms with E-state index < -0.39 is 22.2 Å². The Labute approximate surface area is 163 Å². The van der Waals surface area contributed by atoms with Gasteiger partial charge in [-0.2, -0.15) is 0 Å². The summed E-state index contributed by atoms with van der Waals surface area (Å²) in [6.45, 7) is -0.219. The zero-order valence-electron chi connectivity index (χ0n) is 14.6. The fourth-order valence-electron chi connectivity index (χ4n) is 3.47. The van der Waals surface area contributed by atoms with Crippen molar-refractivity contribution in [2.75, 3.05) is 0 Å². The number of nitro benzene ring substituents is 1. The molecule has 0 bridgehead atoms. The van der Waals surface area contributed by atoms with E-state index in [1.54, 1.807) is 0 Å². The minimum absolute atomic E-state index is 0.180. The van der Waals surface area contributed by atoms with Gasteiger partial charge in [-0.3, -0.25) is 10.1 Å². The second-order valence-corrected chi connectivity index (χ2v) is 6.99. The maximum atomic E-state index is 12.4. The Kier molecular flexibility index (Phi) is 4.60. The number of carbonyl (C=O) groups is 1. The maximum absolute atomic E-state index is 12.4. The molecule has 7 nitrogen and oxygen atoms in total. The van der Waals surface area contributed by atoms with Crippen LogP contribution in [-0.2, 0) is 24.2 Å². The molecule has 142 valence electrons. The Morgan fingerprint density at radius 2 is 1.93 bits per heavy atom. The summed E-state index contributed by atoms with van der Waals surface area (Å²) in [6.07, 6.45) is 2.92. The first-order chi connectivity index (χ1) is 13.4. The van der Waals surface area contributed by atoms with Crippen LogP contribution in [0.25, 0.3) is 11.0 Å². The molecular formula is C20H14ClNO6. The van der Waals surface area contributed by atoms with E-state index in [0.29, 0.717) is 16.5 Å². The first-order valence-corrected chi connectivity index (χ1v) is 9.00. The fourth-order valence-corrected chi connectivity index (χ4v) is 3.64. The van der Waals surface area contributed by atoms with Crippen LogP contribution in [0.5, 0.6) is 0 Å². The highest BCUT2D eigenvalue weighted by molar-refractivity contribution is 6.31. The standard InChI is InChI=1S/C20H14ClNO6/c21-14-4-5-17(22(25)26)16(9-14)20(24)27-10-13-8-19(23)28-18-7-12-3-1-2-11(12)6-15(13)18/h4-9H,1-3,10H2. The zero-order chi connectivity index (χ0) is 19.8. The molecule has 0 aliphatic heterocycles. The molecule has 0 fully saturated rings. The van der Waals surface area contributed by atoms with Crippen LogP contribution >= 0.6 is 11.6 Å². The lowest BCUT2D eigenvalue weighted by atomic mass is 10.0. The number of benzene rings is 2. The summed E-state index contributed by atoms with van der Waals surface area (Å²) < 4.78 is 10.5. The summed E-state index contributed by atoms with van der Waals surface area (Å²) in [7, 11) is 0. The van der Waals surface area contributed by atoms with Crippen LogP contribution in [-0.4, -0.2) is 10.9 Å². The molecule has 0 spiro atoms. The van der Waals surface area contributed by atoms with Gasteiger partial charge in [0.15, 0.2) is 0 Å². The highest BCUT2D eigenvalue weighted by Gasteiger charge is 2.22. The van der Waals surface area contributed by atoms with E-state index in [0.717, 1.165) is 30.9 Å². The van der Waals surface area contributed by atoms with Crippen molar-refractivity contribution in [2.45, 2.75) is 25.9 Å². The molecule has 0 unspecified atom stereocenters. The van der Waals surface area contributed by atoms with Crippen LogP contribution in [0.3, 0.4) is 0 Å². The van der Waals surface area contributed by atoms with Crippen molar-refractivity contribution in [3.05, 3.63) is 84.2 Å². The van der Waals surface area contributed by atoms with Crippen molar-refractivity contribution >= 4 is 34.2 Å². The molecule has 2 aromatic carbocycles. The average molecular weight is 400 g/mol. The van der Waals surface area contributed by atoms with E-state index >= 15 is 0 Å². The highest BCUT2D eigenvalue weighted by atomic mass is 35.5. The van der Waals surface area contributed by atoms with Gasteiger partial charge in [-0.15, -0.1) is 0 Å². The lowest BCUT2D eigenvalue weighted by molar-refractivity contribution is -0.385. The van der Waals surface area contributed by atoms with Crippen molar-refractivity contribution in [3.63, 3.8) is 0 Å². The summed E-state index contributed by atoms with van der Waals surface area (Å²) >= 11 is 5.85. The number of rotatable bonds is 4. The number of halogens is 1. The van der Waals surface area contributed by atoms with E-state index in [-0.39, 0.29) is 17.2 Å². The normalized spacial score (nSPS) is 12.8. The number of nitrogens with zero attached hydrogens (tertiary/aromatic N) is 1. The number of hydrogen-bond donors (Lipinski definition) is 0. The van der Waals surface area contributed by atoms with Gasteiger partial charge < -0.3 is 9.15 Å². The van der Waals surface area contributed by atoms with Crippen molar-refractivity contribution in [1.82, 2.24) is 0 Å². The summed E-state index contributed by atoms with van der Waals surface area (Å²) in [6, 6.07) is 8.73. The summed E-state index contributed by atoms with van der Waals surface area (Å²) in [4.78, 5) is 34.8. The quantitative estimate of drug-likeness (QED) is 0.282. The van der Waals surface area contributed by atoms with E-state index in [1.165, 1.54) is 23.8 Å². The van der Waals surface area contributed by atoms with Gasteiger partial charge in [0.25, 0.3) is 5.69 Å². The molecule has 0 amide bonds. The molecule has 28 heavy (non-hydrogen) atoms. The van der Waals surface area contributed by atoms with Gasteiger partial charge in [0.1, 0.15) is 17.8 Å². The van der Waals surface area contributed by atoms with Crippen LogP contribution in [0.4, 0.5) is 5.69 Å². The van der Waals surface area contributed by atoms with Gasteiger partial charge in [-0.1, -0.05) is 11.6 Å². The number of fused-ring (bicyclic) bond motifs is 2. The summed E-state index contributed by atoms with van der Waals surface area (Å²) in [5.74, 6) is -0.892. The summed E-state index contributed by atoms with van der Waals surface area (Å²) in [5.41, 5.74) is 2.06. The number of aryl methyl sites for hydroxylation is 2. The lowest BCUT2D eigenvalue weighted by Gasteiger charge is -2.09. The van der Waals surface area contributed by atoms with Crippen molar-refractivity contribution in [2.24, 2.45) is 0 Å². The first-order valence-electron chi connectivity index (χ1n) is 8.62. The maximum Gasteiger partial charge on any atom is 0.345 e. The average Bonchev–Trinajstić information content (AvgIpc) is 3.11. The minimum atomic E-state index is -0.892. The molecule has 1 aliphatic rings. The van der Waals surface area contributed by atoms with Crippen molar-refractivity contribution < 1.29 is 18.9 Å². The molecule has 0 saturated carbocycles. The Morgan fingerprint density at radius 3 is 2.68 bits per heavy atom. The largest absolute Gasteiger partial charge is 0.457 e. The number of nitro groups is 1. The molecule has 1 aromatic heterocycles. The monoisotopic (exact) mass is 399 g/mol. The highest BCUT2D eigenvalue weighted by Crippen LogP contribution is 2.29. The Balaban J connectivity index is 1.66. The molecule has 1 heterocycles. The number of hydrogen-bond acceptors (Lipinski definition) is 6. The minimum Gasteiger partial charge on any atom is -0.457 e. The van der Waals surface area contributed by atoms with Crippen molar-refractivity contribution in [1.29, 1.82) is 0 Å². The van der Waals surface area contributed by atoms with Crippen LogP contribution in [0, 0.1) is 10.1 Å². The SMILES string of the molecule is O=C(OCc1cc(=O)oc2cc3c(cc12)CCC3)c1cc(Cl)ccc1[N+](=O)[O-]. The van der Waals surface area contributed by atoms with Crippen LogP contribution < -0.4 is 5.63 Å². The van der Waals surface area contributed by atoms with Gasteiger partial charge in [-0.05, 0) is 54.7 Å². The molecule has 3 aromatic rings. The number of ether oxygens (including phenoxy) is 1.